The minimum absolute atomic E-state index is 0.124. The molecule has 0 aliphatic rings. The second kappa shape index (κ2) is 6.14. The van der Waals surface area contributed by atoms with E-state index in [4.69, 9.17) is 10.5 Å². The fourth-order valence-electron chi connectivity index (χ4n) is 1.76. The average Bonchev–Trinajstić information content (AvgIpc) is 2.27. The summed E-state index contributed by atoms with van der Waals surface area (Å²) < 4.78 is 5.08. The molecule has 1 aromatic rings. The first kappa shape index (κ1) is 14.9. The van der Waals surface area contributed by atoms with Gasteiger partial charge >= 0.3 is 0 Å². The van der Waals surface area contributed by atoms with Gasteiger partial charge in [-0.2, -0.15) is 0 Å². The summed E-state index contributed by atoms with van der Waals surface area (Å²) in [6, 6.07) is 1.97. The van der Waals surface area contributed by atoms with Crippen molar-refractivity contribution < 1.29 is 4.74 Å². The lowest BCUT2D eigenvalue weighted by atomic mass is 9.78. The Kier molecular flexibility index (Phi) is 5.08. The summed E-state index contributed by atoms with van der Waals surface area (Å²) in [5.41, 5.74) is 7.43. The minimum atomic E-state index is 0.124. The maximum absolute atomic E-state index is 6.19. The number of nitrogens with two attached hydrogens (primary N) is 1. The van der Waals surface area contributed by atoms with Gasteiger partial charge in [0.2, 0.25) is 5.88 Å². The van der Waals surface area contributed by atoms with E-state index in [1.165, 1.54) is 6.33 Å². The van der Waals surface area contributed by atoms with E-state index in [2.05, 4.69) is 37.7 Å². The Morgan fingerprint density at radius 3 is 2.56 bits per heavy atom. The SMILES string of the molecule is COc1cc(CC(N)CC(C)C(C)(C)C)ncn1. The van der Waals surface area contributed by atoms with Gasteiger partial charge in [0.05, 0.1) is 7.11 Å². The van der Waals surface area contributed by atoms with E-state index in [-0.39, 0.29) is 6.04 Å². The first-order chi connectivity index (χ1) is 8.32. The Labute approximate surface area is 110 Å². The molecule has 1 heterocycles. The molecule has 4 nitrogen and oxygen atoms in total. The van der Waals surface area contributed by atoms with E-state index < -0.39 is 0 Å². The highest BCUT2D eigenvalue weighted by Gasteiger charge is 2.22. The van der Waals surface area contributed by atoms with Crippen molar-refractivity contribution in [1.82, 2.24) is 9.97 Å². The zero-order valence-electron chi connectivity index (χ0n) is 12.1. The van der Waals surface area contributed by atoms with E-state index >= 15 is 0 Å². The van der Waals surface area contributed by atoms with Crippen LogP contribution in [0.15, 0.2) is 12.4 Å². The van der Waals surface area contributed by atoms with Crippen LogP contribution in [0.3, 0.4) is 0 Å². The maximum Gasteiger partial charge on any atom is 0.216 e. The molecule has 0 aromatic carbocycles. The third-order valence-electron chi connectivity index (χ3n) is 3.51. The average molecular weight is 251 g/mol. The maximum atomic E-state index is 6.19. The van der Waals surface area contributed by atoms with Gasteiger partial charge in [-0.15, -0.1) is 0 Å². The van der Waals surface area contributed by atoms with E-state index in [0.717, 1.165) is 18.5 Å². The van der Waals surface area contributed by atoms with Crippen molar-refractivity contribution in [2.24, 2.45) is 17.1 Å². The van der Waals surface area contributed by atoms with E-state index in [0.29, 0.717) is 17.2 Å². The third-order valence-corrected chi connectivity index (χ3v) is 3.51. The normalized spacial score (nSPS) is 15.2. The number of aromatic nitrogens is 2. The first-order valence-electron chi connectivity index (χ1n) is 6.43. The van der Waals surface area contributed by atoms with E-state index in [1.54, 1.807) is 7.11 Å². The van der Waals surface area contributed by atoms with Crippen molar-refractivity contribution in [2.75, 3.05) is 7.11 Å². The molecule has 0 aliphatic carbocycles. The van der Waals surface area contributed by atoms with Gasteiger partial charge in [0.15, 0.2) is 0 Å². The van der Waals surface area contributed by atoms with Crippen LogP contribution in [-0.4, -0.2) is 23.1 Å². The van der Waals surface area contributed by atoms with Crippen molar-refractivity contribution in [3.05, 3.63) is 18.1 Å². The van der Waals surface area contributed by atoms with Gasteiger partial charge in [-0.3, -0.25) is 0 Å². The Balaban J connectivity index is 2.56. The van der Waals surface area contributed by atoms with Crippen LogP contribution in [0.2, 0.25) is 0 Å². The lowest BCUT2D eigenvalue weighted by Crippen LogP contribution is -2.30. The molecule has 18 heavy (non-hydrogen) atoms. The fraction of sp³-hybridized carbons (Fsp3) is 0.714. The topological polar surface area (TPSA) is 61.0 Å². The second-order valence-electron chi connectivity index (χ2n) is 6.02. The van der Waals surface area contributed by atoms with Crippen molar-refractivity contribution in [3.63, 3.8) is 0 Å². The predicted octanol–water partition coefficient (Wildman–Crippen LogP) is 2.43. The second-order valence-corrected chi connectivity index (χ2v) is 6.02. The van der Waals surface area contributed by atoms with E-state index in [1.807, 2.05) is 6.07 Å². The Bertz CT molecular complexity index is 374. The minimum Gasteiger partial charge on any atom is -0.481 e. The van der Waals surface area contributed by atoms with Crippen LogP contribution in [0.5, 0.6) is 5.88 Å². The van der Waals surface area contributed by atoms with Gasteiger partial charge in [-0.1, -0.05) is 27.7 Å². The van der Waals surface area contributed by atoms with Crippen LogP contribution in [0.4, 0.5) is 0 Å². The molecule has 1 rings (SSSR count). The van der Waals surface area contributed by atoms with Crippen LogP contribution < -0.4 is 10.5 Å². The highest BCUT2D eigenvalue weighted by Crippen LogP contribution is 2.29. The van der Waals surface area contributed by atoms with Crippen LogP contribution in [0, 0.1) is 11.3 Å². The van der Waals surface area contributed by atoms with E-state index in [9.17, 15) is 0 Å². The Hall–Kier alpha value is -1.16. The van der Waals surface area contributed by atoms with Crippen LogP contribution in [0.1, 0.15) is 39.8 Å². The molecular weight excluding hydrogens is 226 g/mol. The molecule has 1 aromatic heterocycles. The summed E-state index contributed by atoms with van der Waals surface area (Å²) >= 11 is 0. The summed E-state index contributed by atoms with van der Waals surface area (Å²) in [7, 11) is 1.60. The van der Waals surface area contributed by atoms with Crippen molar-refractivity contribution in [3.8, 4) is 5.88 Å². The molecule has 2 N–H and O–H groups in total. The zero-order valence-corrected chi connectivity index (χ0v) is 12.1. The first-order valence-corrected chi connectivity index (χ1v) is 6.43. The number of nitrogens with zero attached hydrogens (tertiary/aromatic N) is 2. The molecular formula is C14H25N3O. The van der Waals surface area contributed by atoms with Crippen LogP contribution >= 0.6 is 0 Å². The quantitative estimate of drug-likeness (QED) is 0.873. The molecule has 4 heteroatoms. The molecule has 0 radical (unpaired) electrons. The Morgan fingerprint density at radius 1 is 1.33 bits per heavy atom. The molecule has 0 amide bonds. The van der Waals surface area contributed by atoms with Gasteiger partial charge in [0.25, 0.3) is 0 Å². The van der Waals surface area contributed by atoms with Crippen molar-refractivity contribution in [1.29, 1.82) is 0 Å². The monoisotopic (exact) mass is 251 g/mol. The molecule has 0 saturated heterocycles. The van der Waals surface area contributed by atoms with Gasteiger partial charge in [-0.05, 0) is 17.8 Å². The molecule has 2 atom stereocenters. The number of rotatable bonds is 5. The molecule has 0 aliphatic heterocycles. The lowest BCUT2D eigenvalue weighted by Gasteiger charge is -2.29. The fourth-order valence-corrected chi connectivity index (χ4v) is 1.76. The number of ether oxygens (including phenoxy) is 1. The molecule has 0 saturated carbocycles. The van der Waals surface area contributed by atoms with Crippen molar-refractivity contribution in [2.45, 2.75) is 46.6 Å². The lowest BCUT2D eigenvalue weighted by molar-refractivity contribution is 0.232. The summed E-state index contributed by atoms with van der Waals surface area (Å²) in [5.74, 6) is 1.17. The van der Waals surface area contributed by atoms with Gasteiger partial charge < -0.3 is 10.5 Å². The number of hydrogen-bond acceptors (Lipinski definition) is 4. The predicted molar refractivity (Wildman–Crippen MR) is 73.5 cm³/mol. The molecule has 0 fully saturated rings. The smallest absolute Gasteiger partial charge is 0.216 e. The molecule has 0 spiro atoms. The zero-order chi connectivity index (χ0) is 13.8. The third kappa shape index (κ3) is 4.61. The summed E-state index contributed by atoms with van der Waals surface area (Å²) in [4.78, 5) is 8.22. The van der Waals surface area contributed by atoms with Crippen molar-refractivity contribution >= 4 is 0 Å². The van der Waals surface area contributed by atoms with Gasteiger partial charge in [0.1, 0.15) is 6.33 Å². The number of methoxy groups -OCH3 is 1. The van der Waals surface area contributed by atoms with Crippen LogP contribution in [-0.2, 0) is 6.42 Å². The van der Waals surface area contributed by atoms with Gasteiger partial charge in [0, 0.05) is 24.2 Å². The standard InChI is InChI=1S/C14H25N3O/c1-10(14(2,3)4)6-11(15)7-12-8-13(18-5)17-9-16-12/h8-11H,6-7,15H2,1-5H3. The molecule has 102 valence electrons. The Morgan fingerprint density at radius 2 is 2.00 bits per heavy atom. The molecule has 2 unspecified atom stereocenters. The van der Waals surface area contributed by atoms with Gasteiger partial charge in [-0.25, -0.2) is 9.97 Å². The largest absolute Gasteiger partial charge is 0.481 e. The summed E-state index contributed by atoms with van der Waals surface area (Å²) in [5, 5.41) is 0. The summed E-state index contributed by atoms with van der Waals surface area (Å²) in [6.45, 7) is 8.99. The number of hydrogen-bond donors (Lipinski definition) is 1. The highest BCUT2D eigenvalue weighted by atomic mass is 16.5. The van der Waals surface area contributed by atoms with Crippen LogP contribution in [0.25, 0.3) is 0 Å². The summed E-state index contributed by atoms with van der Waals surface area (Å²) in [6.07, 6.45) is 3.28. The highest BCUT2D eigenvalue weighted by molar-refractivity contribution is 5.14. The molecule has 0 bridgehead atoms.